The van der Waals surface area contributed by atoms with Crippen LogP contribution in [0.25, 0.3) is 0 Å². The third-order valence-corrected chi connectivity index (χ3v) is 2.22. The molecule has 0 saturated carbocycles. The molecule has 78 valence electrons. The van der Waals surface area contributed by atoms with Gasteiger partial charge in [-0.2, -0.15) is 0 Å². The van der Waals surface area contributed by atoms with Gasteiger partial charge >= 0.3 is 0 Å². The number of nitrogens with zero attached hydrogens (tertiary/aromatic N) is 1. The van der Waals surface area contributed by atoms with Crippen LogP contribution < -0.4 is 0 Å². The molecular weight excluding hydrogens is 208 g/mol. The summed E-state index contributed by atoms with van der Waals surface area (Å²) in [4.78, 5) is 3.64. The molecule has 1 aromatic heterocycles. The van der Waals surface area contributed by atoms with Gasteiger partial charge in [-0.1, -0.05) is 24.9 Å². The molecule has 0 aliphatic carbocycles. The van der Waals surface area contributed by atoms with Crippen LogP contribution in [0.15, 0.2) is 18.3 Å². The Morgan fingerprint density at radius 2 is 2.14 bits per heavy atom. The molecule has 0 spiro atoms. The van der Waals surface area contributed by atoms with Crippen LogP contribution in [0.2, 0.25) is 5.15 Å². The zero-order valence-electron chi connectivity index (χ0n) is 7.93. The van der Waals surface area contributed by atoms with E-state index in [1.807, 2.05) is 6.92 Å². The lowest BCUT2D eigenvalue weighted by molar-refractivity contribution is -0.0157. The van der Waals surface area contributed by atoms with Crippen molar-refractivity contribution in [3.63, 3.8) is 0 Å². The second-order valence-electron chi connectivity index (χ2n) is 3.18. The SMILES string of the molecule is CCCCC(F)(F)c1ccc(Cl)nc1. The van der Waals surface area contributed by atoms with E-state index >= 15 is 0 Å². The smallest absolute Gasteiger partial charge is 0.244 e. The van der Waals surface area contributed by atoms with Gasteiger partial charge < -0.3 is 0 Å². The molecule has 0 aromatic carbocycles. The van der Waals surface area contributed by atoms with Crippen molar-refractivity contribution >= 4 is 11.6 Å². The van der Waals surface area contributed by atoms with Gasteiger partial charge in [-0.25, -0.2) is 13.8 Å². The molecule has 0 radical (unpaired) electrons. The molecule has 0 aliphatic rings. The lowest BCUT2D eigenvalue weighted by Gasteiger charge is -2.15. The maximum atomic E-state index is 13.4. The quantitative estimate of drug-likeness (QED) is 0.697. The van der Waals surface area contributed by atoms with Gasteiger partial charge in [-0.05, 0) is 18.6 Å². The summed E-state index contributed by atoms with van der Waals surface area (Å²) < 4.78 is 26.8. The molecule has 0 bridgehead atoms. The zero-order chi connectivity index (χ0) is 10.6. The van der Waals surface area contributed by atoms with E-state index in [0.29, 0.717) is 6.42 Å². The van der Waals surface area contributed by atoms with Gasteiger partial charge in [0.15, 0.2) is 0 Å². The first-order valence-corrected chi connectivity index (χ1v) is 4.94. The summed E-state index contributed by atoms with van der Waals surface area (Å²) in [5, 5.41) is 0.236. The van der Waals surface area contributed by atoms with Crippen molar-refractivity contribution in [1.82, 2.24) is 4.98 Å². The normalized spacial score (nSPS) is 11.7. The van der Waals surface area contributed by atoms with E-state index in [1.54, 1.807) is 0 Å². The van der Waals surface area contributed by atoms with E-state index in [1.165, 1.54) is 12.1 Å². The summed E-state index contributed by atoms with van der Waals surface area (Å²) >= 11 is 5.51. The van der Waals surface area contributed by atoms with E-state index in [0.717, 1.165) is 12.6 Å². The lowest BCUT2D eigenvalue weighted by atomic mass is 10.1. The molecule has 0 N–H and O–H groups in total. The van der Waals surface area contributed by atoms with E-state index in [4.69, 9.17) is 11.6 Å². The predicted octanol–water partition coefficient (Wildman–Crippen LogP) is 4.02. The fourth-order valence-electron chi connectivity index (χ4n) is 1.14. The number of aromatic nitrogens is 1. The van der Waals surface area contributed by atoms with Crippen LogP contribution in [0, 0.1) is 0 Å². The van der Waals surface area contributed by atoms with Crippen LogP contribution in [0.3, 0.4) is 0 Å². The Balaban J connectivity index is 2.75. The van der Waals surface area contributed by atoms with Gasteiger partial charge in [0.2, 0.25) is 0 Å². The van der Waals surface area contributed by atoms with Gasteiger partial charge in [0.05, 0.1) is 0 Å². The Labute approximate surface area is 87.1 Å². The molecule has 14 heavy (non-hydrogen) atoms. The Kier molecular flexibility index (Phi) is 3.81. The number of alkyl halides is 2. The number of hydrogen-bond donors (Lipinski definition) is 0. The summed E-state index contributed by atoms with van der Waals surface area (Å²) in [7, 11) is 0. The van der Waals surface area contributed by atoms with Gasteiger partial charge in [0.1, 0.15) is 5.15 Å². The van der Waals surface area contributed by atoms with E-state index in [2.05, 4.69) is 4.98 Å². The molecule has 0 unspecified atom stereocenters. The molecule has 0 aliphatic heterocycles. The first-order chi connectivity index (χ1) is 6.56. The van der Waals surface area contributed by atoms with Gasteiger partial charge in [0, 0.05) is 18.2 Å². The number of rotatable bonds is 4. The average molecular weight is 220 g/mol. The second-order valence-corrected chi connectivity index (χ2v) is 3.56. The number of hydrogen-bond acceptors (Lipinski definition) is 1. The van der Waals surface area contributed by atoms with Gasteiger partial charge in [0.25, 0.3) is 5.92 Å². The summed E-state index contributed by atoms with van der Waals surface area (Å²) in [6.45, 7) is 1.89. The predicted molar refractivity (Wildman–Crippen MR) is 52.7 cm³/mol. The lowest BCUT2D eigenvalue weighted by Crippen LogP contribution is -2.13. The van der Waals surface area contributed by atoms with E-state index < -0.39 is 5.92 Å². The average Bonchev–Trinajstić information content (AvgIpc) is 2.16. The first-order valence-electron chi connectivity index (χ1n) is 4.56. The summed E-state index contributed by atoms with van der Waals surface area (Å²) in [6, 6.07) is 2.71. The molecular formula is C10H12ClF2N. The molecule has 4 heteroatoms. The van der Waals surface area contributed by atoms with Crippen molar-refractivity contribution in [3.05, 3.63) is 29.0 Å². The molecule has 1 rings (SSSR count). The molecule has 0 amide bonds. The Hall–Kier alpha value is -0.700. The molecule has 0 atom stereocenters. The van der Waals surface area contributed by atoms with Crippen molar-refractivity contribution in [2.75, 3.05) is 0 Å². The topological polar surface area (TPSA) is 12.9 Å². The second kappa shape index (κ2) is 4.69. The van der Waals surface area contributed by atoms with Crippen LogP contribution in [0.5, 0.6) is 0 Å². The highest BCUT2D eigenvalue weighted by atomic mass is 35.5. The van der Waals surface area contributed by atoms with Crippen LogP contribution in [0.4, 0.5) is 8.78 Å². The molecule has 1 nitrogen and oxygen atoms in total. The highest BCUT2D eigenvalue weighted by Crippen LogP contribution is 2.33. The summed E-state index contributed by atoms with van der Waals surface area (Å²) in [5.41, 5.74) is -0.0599. The van der Waals surface area contributed by atoms with Crippen LogP contribution in [-0.4, -0.2) is 4.98 Å². The monoisotopic (exact) mass is 219 g/mol. The molecule has 0 saturated heterocycles. The Morgan fingerprint density at radius 1 is 1.43 bits per heavy atom. The van der Waals surface area contributed by atoms with Gasteiger partial charge in [-0.15, -0.1) is 0 Å². The minimum Gasteiger partial charge on any atom is -0.244 e. The maximum absolute atomic E-state index is 13.4. The van der Waals surface area contributed by atoms with E-state index in [9.17, 15) is 8.78 Å². The third kappa shape index (κ3) is 2.91. The van der Waals surface area contributed by atoms with Crippen LogP contribution in [-0.2, 0) is 5.92 Å². The van der Waals surface area contributed by atoms with Crippen molar-refractivity contribution in [2.24, 2.45) is 0 Å². The molecule has 0 fully saturated rings. The highest BCUT2D eigenvalue weighted by Gasteiger charge is 2.30. The van der Waals surface area contributed by atoms with Gasteiger partial charge in [-0.3, -0.25) is 0 Å². The summed E-state index contributed by atoms with van der Waals surface area (Å²) in [6.07, 6.45) is 2.27. The Morgan fingerprint density at radius 3 is 2.64 bits per heavy atom. The molecule has 1 aromatic rings. The number of halogens is 3. The largest absolute Gasteiger partial charge is 0.274 e. The van der Waals surface area contributed by atoms with Crippen molar-refractivity contribution < 1.29 is 8.78 Å². The van der Waals surface area contributed by atoms with Crippen LogP contribution in [0.1, 0.15) is 31.7 Å². The van der Waals surface area contributed by atoms with Crippen molar-refractivity contribution in [1.29, 1.82) is 0 Å². The fourth-order valence-corrected chi connectivity index (χ4v) is 1.25. The number of pyridine rings is 1. The fraction of sp³-hybridized carbons (Fsp3) is 0.500. The first kappa shape index (κ1) is 11.4. The van der Waals surface area contributed by atoms with Crippen molar-refractivity contribution in [2.45, 2.75) is 32.1 Å². The zero-order valence-corrected chi connectivity index (χ0v) is 8.69. The molecule has 1 heterocycles. The number of unbranched alkanes of at least 4 members (excludes halogenated alkanes) is 1. The minimum absolute atomic E-state index is 0.0599. The third-order valence-electron chi connectivity index (χ3n) is 1.99. The minimum atomic E-state index is -2.78. The van der Waals surface area contributed by atoms with Crippen LogP contribution >= 0.6 is 11.6 Å². The standard InChI is InChI=1S/C10H12ClF2N/c1-2-3-6-10(12,13)8-4-5-9(11)14-7-8/h4-5,7H,2-3,6H2,1H3. The summed E-state index contributed by atoms with van der Waals surface area (Å²) in [5.74, 6) is -2.78. The van der Waals surface area contributed by atoms with E-state index in [-0.39, 0.29) is 17.1 Å². The van der Waals surface area contributed by atoms with Crippen molar-refractivity contribution in [3.8, 4) is 0 Å². The Bertz CT molecular complexity index is 285. The maximum Gasteiger partial charge on any atom is 0.274 e. The highest BCUT2D eigenvalue weighted by molar-refractivity contribution is 6.29.